The minimum atomic E-state index is 0.0865. The Morgan fingerprint density at radius 1 is 1.39 bits per heavy atom. The average molecular weight is 312 g/mol. The van der Waals surface area contributed by atoms with Crippen LogP contribution in [0.15, 0.2) is 18.2 Å². The standard InChI is InChI=1S/C19H24N2O2/c1-12-4-6-17-15(9-12)16-10-13(5-7-18(16)21-17)19(22)20-11-14-3-2-8-23-14/h4,6,9,13-14,21H,2-3,5,7-8,10-11H2,1H3,(H,20,22). The van der Waals surface area contributed by atoms with E-state index in [1.54, 1.807) is 0 Å². The number of aryl methyl sites for hydroxylation is 2. The van der Waals surface area contributed by atoms with Gasteiger partial charge in [0, 0.05) is 35.7 Å². The van der Waals surface area contributed by atoms with Crippen molar-refractivity contribution in [2.24, 2.45) is 5.92 Å². The Labute approximate surface area is 136 Å². The van der Waals surface area contributed by atoms with Crippen LogP contribution in [-0.4, -0.2) is 30.1 Å². The van der Waals surface area contributed by atoms with Crippen LogP contribution >= 0.6 is 0 Å². The molecule has 0 spiro atoms. The minimum Gasteiger partial charge on any atom is -0.376 e. The molecule has 1 aromatic heterocycles. The first-order valence-corrected chi connectivity index (χ1v) is 8.70. The van der Waals surface area contributed by atoms with E-state index in [0.29, 0.717) is 6.54 Å². The molecule has 0 bridgehead atoms. The quantitative estimate of drug-likeness (QED) is 0.915. The Balaban J connectivity index is 1.47. The molecule has 1 fully saturated rings. The maximum absolute atomic E-state index is 12.5. The van der Waals surface area contributed by atoms with Crippen molar-refractivity contribution in [1.29, 1.82) is 0 Å². The number of aromatic nitrogens is 1. The first-order chi connectivity index (χ1) is 11.2. The summed E-state index contributed by atoms with van der Waals surface area (Å²) in [6, 6.07) is 6.52. The number of hydrogen-bond acceptors (Lipinski definition) is 2. The largest absolute Gasteiger partial charge is 0.376 e. The van der Waals surface area contributed by atoms with Gasteiger partial charge in [-0.1, -0.05) is 11.6 Å². The number of ether oxygens (including phenoxy) is 1. The van der Waals surface area contributed by atoms with E-state index in [-0.39, 0.29) is 17.9 Å². The number of fused-ring (bicyclic) bond motifs is 3. The van der Waals surface area contributed by atoms with Crippen LogP contribution in [-0.2, 0) is 22.4 Å². The van der Waals surface area contributed by atoms with Gasteiger partial charge in [0.2, 0.25) is 5.91 Å². The summed E-state index contributed by atoms with van der Waals surface area (Å²) in [5.41, 5.74) is 5.12. The molecule has 2 atom stereocenters. The lowest BCUT2D eigenvalue weighted by atomic mass is 9.85. The predicted octanol–water partition coefficient (Wildman–Crippen LogP) is 2.88. The van der Waals surface area contributed by atoms with Gasteiger partial charge in [-0.05, 0) is 56.7 Å². The second-order valence-corrected chi connectivity index (χ2v) is 6.95. The van der Waals surface area contributed by atoms with Gasteiger partial charge in [-0.3, -0.25) is 4.79 Å². The summed E-state index contributed by atoms with van der Waals surface area (Å²) in [4.78, 5) is 16.0. The van der Waals surface area contributed by atoms with Crippen LogP contribution in [0.3, 0.4) is 0 Å². The lowest BCUT2D eigenvalue weighted by Gasteiger charge is -2.22. The highest BCUT2D eigenvalue weighted by Gasteiger charge is 2.28. The molecule has 1 aliphatic carbocycles. The summed E-state index contributed by atoms with van der Waals surface area (Å²) in [5.74, 6) is 0.275. The summed E-state index contributed by atoms with van der Waals surface area (Å²) in [6.07, 6.45) is 5.13. The molecule has 4 nitrogen and oxygen atoms in total. The first-order valence-electron chi connectivity index (χ1n) is 8.70. The van der Waals surface area contributed by atoms with Crippen LogP contribution in [0.2, 0.25) is 0 Å². The van der Waals surface area contributed by atoms with E-state index in [1.807, 2.05) is 0 Å². The van der Waals surface area contributed by atoms with Gasteiger partial charge in [0.1, 0.15) is 0 Å². The van der Waals surface area contributed by atoms with Crippen LogP contribution in [0.4, 0.5) is 0 Å². The molecule has 0 radical (unpaired) electrons. The van der Waals surface area contributed by atoms with E-state index in [0.717, 1.165) is 38.7 Å². The van der Waals surface area contributed by atoms with E-state index in [4.69, 9.17) is 4.74 Å². The maximum Gasteiger partial charge on any atom is 0.223 e. The number of carbonyl (C=O) groups is 1. The molecule has 1 amide bonds. The summed E-state index contributed by atoms with van der Waals surface area (Å²) in [7, 11) is 0. The topological polar surface area (TPSA) is 54.1 Å². The normalized spacial score (nSPS) is 23.9. The zero-order valence-corrected chi connectivity index (χ0v) is 13.7. The van der Waals surface area contributed by atoms with Crippen LogP contribution in [0.25, 0.3) is 10.9 Å². The number of H-pyrrole nitrogens is 1. The van der Waals surface area contributed by atoms with Gasteiger partial charge in [0.15, 0.2) is 0 Å². The third-order valence-electron chi connectivity index (χ3n) is 5.24. The van der Waals surface area contributed by atoms with Crippen molar-refractivity contribution in [2.45, 2.75) is 45.1 Å². The van der Waals surface area contributed by atoms with Gasteiger partial charge in [-0.2, -0.15) is 0 Å². The molecule has 4 heteroatoms. The summed E-state index contributed by atoms with van der Waals surface area (Å²) in [5, 5.41) is 4.39. The highest BCUT2D eigenvalue weighted by atomic mass is 16.5. The monoisotopic (exact) mass is 312 g/mol. The van der Waals surface area contributed by atoms with E-state index in [2.05, 4.69) is 35.4 Å². The van der Waals surface area contributed by atoms with Crippen LogP contribution in [0.5, 0.6) is 0 Å². The SMILES string of the molecule is Cc1ccc2[nH]c3c(c2c1)CC(C(=O)NCC1CCCO1)CC3. The molecule has 122 valence electrons. The fourth-order valence-corrected chi connectivity index (χ4v) is 3.92. The lowest BCUT2D eigenvalue weighted by Crippen LogP contribution is -2.38. The summed E-state index contributed by atoms with van der Waals surface area (Å²) in [6.45, 7) is 3.62. The first kappa shape index (κ1) is 14.8. The molecule has 2 N–H and O–H groups in total. The molecule has 23 heavy (non-hydrogen) atoms. The number of hydrogen-bond donors (Lipinski definition) is 2. The molecule has 1 saturated heterocycles. The Hall–Kier alpha value is -1.81. The number of aromatic amines is 1. The highest BCUT2D eigenvalue weighted by molar-refractivity contribution is 5.87. The van der Waals surface area contributed by atoms with Gasteiger partial charge in [0.05, 0.1) is 6.10 Å². The summed E-state index contributed by atoms with van der Waals surface area (Å²) >= 11 is 0. The van der Waals surface area contributed by atoms with Crippen LogP contribution < -0.4 is 5.32 Å². The molecule has 0 saturated carbocycles. The molecular formula is C19H24N2O2. The smallest absolute Gasteiger partial charge is 0.223 e. The average Bonchev–Trinajstić information content (AvgIpc) is 3.19. The predicted molar refractivity (Wildman–Crippen MR) is 90.5 cm³/mol. The fraction of sp³-hybridized carbons (Fsp3) is 0.526. The highest BCUT2D eigenvalue weighted by Crippen LogP contribution is 2.32. The second kappa shape index (κ2) is 6.00. The molecule has 1 aromatic carbocycles. The summed E-state index contributed by atoms with van der Waals surface area (Å²) < 4.78 is 5.59. The molecular weight excluding hydrogens is 288 g/mol. The number of amides is 1. The zero-order valence-electron chi connectivity index (χ0n) is 13.7. The Morgan fingerprint density at radius 3 is 3.13 bits per heavy atom. The third kappa shape index (κ3) is 2.88. The Kier molecular flexibility index (Phi) is 3.85. The Bertz CT molecular complexity index is 728. The van der Waals surface area contributed by atoms with Gasteiger partial charge in [-0.25, -0.2) is 0 Å². The van der Waals surface area contributed by atoms with E-state index >= 15 is 0 Å². The molecule has 2 unspecified atom stereocenters. The van der Waals surface area contributed by atoms with Crippen molar-refractivity contribution < 1.29 is 9.53 Å². The fourth-order valence-electron chi connectivity index (χ4n) is 3.92. The molecule has 2 aliphatic rings. The van der Waals surface area contributed by atoms with Gasteiger partial charge < -0.3 is 15.0 Å². The molecule has 2 aromatic rings. The number of rotatable bonds is 3. The molecule has 4 rings (SSSR count). The minimum absolute atomic E-state index is 0.0865. The molecule has 1 aliphatic heterocycles. The van der Waals surface area contributed by atoms with Crippen molar-refractivity contribution in [3.8, 4) is 0 Å². The van der Waals surface area contributed by atoms with Crippen molar-refractivity contribution in [3.63, 3.8) is 0 Å². The van der Waals surface area contributed by atoms with Gasteiger partial charge in [0.25, 0.3) is 0 Å². The van der Waals surface area contributed by atoms with Crippen LogP contribution in [0.1, 0.15) is 36.1 Å². The van der Waals surface area contributed by atoms with Crippen molar-refractivity contribution >= 4 is 16.8 Å². The zero-order chi connectivity index (χ0) is 15.8. The van der Waals surface area contributed by atoms with E-state index < -0.39 is 0 Å². The second-order valence-electron chi connectivity index (χ2n) is 6.95. The lowest BCUT2D eigenvalue weighted by molar-refractivity contribution is -0.125. The number of nitrogens with one attached hydrogen (secondary N) is 2. The van der Waals surface area contributed by atoms with E-state index in [1.165, 1.54) is 27.7 Å². The van der Waals surface area contributed by atoms with Crippen molar-refractivity contribution in [3.05, 3.63) is 35.0 Å². The Morgan fingerprint density at radius 2 is 2.30 bits per heavy atom. The maximum atomic E-state index is 12.5. The van der Waals surface area contributed by atoms with Gasteiger partial charge >= 0.3 is 0 Å². The number of benzene rings is 1. The van der Waals surface area contributed by atoms with Gasteiger partial charge in [-0.15, -0.1) is 0 Å². The van der Waals surface area contributed by atoms with Crippen molar-refractivity contribution in [2.75, 3.05) is 13.2 Å². The third-order valence-corrected chi connectivity index (χ3v) is 5.24. The number of carbonyl (C=O) groups excluding carboxylic acids is 1. The van der Waals surface area contributed by atoms with E-state index in [9.17, 15) is 4.79 Å². The van der Waals surface area contributed by atoms with Crippen LogP contribution in [0, 0.1) is 12.8 Å². The molecule has 2 heterocycles. The van der Waals surface area contributed by atoms with Crippen molar-refractivity contribution in [1.82, 2.24) is 10.3 Å².